The van der Waals surface area contributed by atoms with E-state index < -0.39 is 6.03 Å². The molecule has 0 aliphatic carbocycles. The van der Waals surface area contributed by atoms with E-state index in [1.165, 1.54) is 0 Å². The molecule has 0 saturated heterocycles. The summed E-state index contributed by atoms with van der Waals surface area (Å²) in [4.78, 5) is 15.8. The number of aromatic nitrogens is 2. The lowest BCUT2D eigenvalue weighted by Gasteiger charge is -2.14. The van der Waals surface area contributed by atoms with Crippen LogP contribution in [0.1, 0.15) is 22.5 Å². The molecule has 0 fully saturated rings. The molecule has 6 nitrogen and oxygen atoms in total. The number of amides is 2. The highest BCUT2D eigenvalue weighted by atomic mass is 16.2. The lowest BCUT2D eigenvalue weighted by molar-refractivity contribution is 0.259. The summed E-state index contributed by atoms with van der Waals surface area (Å²) in [5, 5.41) is 6.10. The van der Waals surface area contributed by atoms with Crippen molar-refractivity contribution in [1.29, 1.82) is 0 Å². The van der Waals surface area contributed by atoms with Gasteiger partial charge in [0.1, 0.15) is 0 Å². The molecule has 0 bridgehead atoms. The van der Waals surface area contributed by atoms with E-state index in [1.54, 1.807) is 0 Å². The van der Waals surface area contributed by atoms with Crippen molar-refractivity contribution in [2.45, 2.75) is 27.3 Å². The molecule has 0 aliphatic heterocycles. The van der Waals surface area contributed by atoms with Gasteiger partial charge in [0, 0.05) is 24.1 Å². The second-order valence-electron chi connectivity index (χ2n) is 5.84. The fraction of sp³-hybridized carbons (Fsp3) is 0.222. The fourth-order valence-corrected chi connectivity index (χ4v) is 2.81. The topological polar surface area (TPSA) is 84.4 Å². The zero-order valence-corrected chi connectivity index (χ0v) is 14.1. The van der Waals surface area contributed by atoms with Gasteiger partial charge in [-0.3, -0.25) is 0 Å². The Hall–Kier alpha value is -3.02. The molecule has 124 valence electrons. The van der Waals surface area contributed by atoms with Crippen molar-refractivity contribution < 1.29 is 4.79 Å². The van der Waals surface area contributed by atoms with Crippen LogP contribution in [0.3, 0.4) is 0 Å². The largest absolute Gasteiger partial charge is 0.378 e. The van der Waals surface area contributed by atoms with Crippen molar-refractivity contribution in [3.8, 4) is 0 Å². The van der Waals surface area contributed by atoms with Crippen LogP contribution in [0.5, 0.6) is 0 Å². The number of aryl methyl sites for hydroxylation is 3. The maximum absolute atomic E-state index is 11.2. The summed E-state index contributed by atoms with van der Waals surface area (Å²) in [5.74, 6) is 0. The number of nitrogens with zero attached hydrogens (tertiary/aromatic N) is 2. The molecular formula is C18H21N5O. The molecule has 2 amide bonds. The number of nitrogens with one attached hydrogen (secondary N) is 2. The third kappa shape index (κ3) is 2.90. The number of hydrogen-bond donors (Lipinski definition) is 3. The van der Waals surface area contributed by atoms with Crippen LogP contribution in [0.15, 0.2) is 36.5 Å². The van der Waals surface area contributed by atoms with Gasteiger partial charge in [0.25, 0.3) is 0 Å². The lowest BCUT2D eigenvalue weighted by Crippen LogP contribution is -2.21. The summed E-state index contributed by atoms with van der Waals surface area (Å²) in [5.41, 5.74) is 12.0. The number of rotatable bonds is 4. The van der Waals surface area contributed by atoms with Crippen molar-refractivity contribution in [2.24, 2.45) is 5.73 Å². The summed E-state index contributed by atoms with van der Waals surface area (Å²) in [7, 11) is 0. The summed E-state index contributed by atoms with van der Waals surface area (Å²) >= 11 is 0. The average molecular weight is 323 g/mol. The van der Waals surface area contributed by atoms with Crippen LogP contribution < -0.4 is 16.4 Å². The van der Waals surface area contributed by atoms with Gasteiger partial charge in [-0.15, -0.1) is 0 Å². The smallest absolute Gasteiger partial charge is 0.316 e. The summed E-state index contributed by atoms with van der Waals surface area (Å²) in [6.07, 6.45) is 2.00. The minimum absolute atomic E-state index is 0.562. The monoisotopic (exact) mass is 323 g/mol. The molecule has 0 spiro atoms. The molecule has 24 heavy (non-hydrogen) atoms. The van der Waals surface area contributed by atoms with E-state index in [9.17, 15) is 4.79 Å². The Balaban J connectivity index is 1.92. The van der Waals surface area contributed by atoms with Gasteiger partial charge in [0.2, 0.25) is 0 Å². The number of imidazole rings is 1. The van der Waals surface area contributed by atoms with Crippen molar-refractivity contribution in [1.82, 2.24) is 9.38 Å². The number of hydrogen-bond acceptors (Lipinski definition) is 3. The number of anilines is 2. The van der Waals surface area contributed by atoms with E-state index in [0.717, 1.165) is 39.5 Å². The Bertz CT molecular complexity index is 913. The van der Waals surface area contributed by atoms with Crippen LogP contribution in [0.25, 0.3) is 5.65 Å². The van der Waals surface area contributed by atoms with Gasteiger partial charge in [0.05, 0.1) is 11.4 Å². The van der Waals surface area contributed by atoms with Crippen molar-refractivity contribution in [3.63, 3.8) is 0 Å². The van der Waals surface area contributed by atoms with Crippen LogP contribution >= 0.6 is 0 Å². The molecule has 4 N–H and O–H groups in total. The molecule has 3 rings (SSSR count). The number of carbonyl (C=O) groups excluding carboxylic acids is 1. The number of benzene rings is 1. The van der Waals surface area contributed by atoms with Crippen LogP contribution in [0, 0.1) is 20.8 Å². The fourth-order valence-electron chi connectivity index (χ4n) is 2.81. The Morgan fingerprint density at radius 1 is 1.17 bits per heavy atom. The highest BCUT2D eigenvalue weighted by Gasteiger charge is 2.11. The van der Waals surface area contributed by atoms with Crippen molar-refractivity contribution in [3.05, 3.63) is 59.0 Å². The lowest BCUT2D eigenvalue weighted by atomic mass is 10.1. The Morgan fingerprint density at radius 2 is 1.92 bits per heavy atom. The SMILES string of the molecule is Cc1cccc(NC(N)=O)c1CNc1cccn2c(C)c(C)nc12. The normalized spacial score (nSPS) is 10.8. The first-order chi connectivity index (χ1) is 11.5. The van der Waals surface area contributed by atoms with Crippen molar-refractivity contribution >= 4 is 23.1 Å². The first kappa shape index (κ1) is 15.9. The molecule has 0 radical (unpaired) electrons. The maximum atomic E-state index is 11.2. The standard InChI is InChI=1S/C18H21N5O/c1-11-6-4-7-15(22-18(19)24)14(11)10-20-16-8-5-9-23-13(3)12(2)21-17(16)23/h4-9,20H,10H2,1-3H3,(H3,19,22,24). The summed E-state index contributed by atoms with van der Waals surface area (Å²) < 4.78 is 2.07. The van der Waals surface area contributed by atoms with E-state index in [0.29, 0.717) is 6.54 Å². The second kappa shape index (κ2) is 6.23. The Morgan fingerprint density at radius 3 is 2.67 bits per heavy atom. The molecule has 2 heterocycles. The number of carbonyl (C=O) groups is 1. The zero-order valence-electron chi connectivity index (χ0n) is 14.1. The van der Waals surface area contributed by atoms with Crippen LogP contribution in [-0.2, 0) is 6.54 Å². The average Bonchev–Trinajstić information content (AvgIpc) is 2.82. The van der Waals surface area contributed by atoms with Crippen LogP contribution in [0.4, 0.5) is 16.2 Å². The molecule has 0 unspecified atom stereocenters. The molecule has 0 atom stereocenters. The highest BCUT2D eigenvalue weighted by Crippen LogP contribution is 2.24. The van der Waals surface area contributed by atoms with Crippen LogP contribution in [-0.4, -0.2) is 15.4 Å². The van der Waals surface area contributed by atoms with E-state index in [2.05, 4.69) is 26.9 Å². The summed E-state index contributed by atoms with van der Waals surface area (Å²) in [6, 6.07) is 9.17. The van der Waals surface area contributed by atoms with Gasteiger partial charge in [-0.1, -0.05) is 12.1 Å². The number of nitrogens with two attached hydrogens (primary N) is 1. The predicted molar refractivity (Wildman–Crippen MR) is 96.4 cm³/mol. The number of fused-ring (bicyclic) bond motifs is 1. The van der Waals surface area contributed by atoms with Gasteiger partial charge in [-0.2, -0.15) is 0 Å². The minimum Gasteiger partial charge on any atom is -0.378 e. The molecule has 1 aromatic carbocycles. The van der Waals surface area contributed by atoms with Crippen LogP contribution in [0.2, 0.25) is 0 Å². The third-order valence-corrected chi connectivity index (χ3v) is 4.25. The van der Waals surface area contributed by atoms with E-state index in [1.807, 2.05) is 50.4 Å². The van der Waals surface area contributed by atoms with Gasteiger partial charge in [-0.25, -0.2) is 9.78 Å². The molecule has 0 aliphatic rings. The van der Waals surface area contributed by atoms with Gasteiger partial charge in [0.15, 0.2) is 5.65 Å². The maximum Gasteiger partial charge on any atom is 0.316 e. The Kier molecular flexibility index (Phi) is 4.12. The molecule has 6 heteroatoms. The predicted octanol–water partition coefficient (Wildman–Crippen LogP) is 3.36. The van der Waals surface area contributed by atoms with E-state index >= 15 is 0 Å². The van der Waals surface area contributed by atoms with Gasteiger partial charge < -0.3 is 20.8 Å². The van der Waals surface area contributed by atoms with E-state index in [4.69, 9.17) is 5.73 Å². The third-order valence-electron chi connectivity index (χ3n) is 4.25. The Labute approximate surface area is 140 Å². The van der Waals surface area contributed by atoms with Gasteiger partial charge in [-0.05, 0) is 50.1 Å². The number of primary amides is 1. The second-order valence-corrected chi connectivity index (χ2v) is 5.84. The zero-order chi connectivity index (χ0) is 17.3. The van der Waals surface area contributed by atoms with Crippen molar-refractivity contribution in [2.75, 3.05) is 10.6 Å². The number of urea groups is 1. The summed E-state index contributed by atoms with van der Waals surface area (Å²) in [6.45, 7) is 6.62. The minimum atomic E-state index is -0.566. The molecule has 2 aromatic heterocycles. The van der Waals surface area contributed by atoms with E-state index in [-0.39, 0.29) is 0 Å². The quantitative estimate of drug-likeness (QED) is 0.688. The first-order valence-corrected chi connectivity index (χ1v) is 7.80. The molecule has 3 aromatic rings. The first-order valence-electron chi connectivity index (χ1n) is 7.80. The molecular weight excluding hydrogens is 302 g/mol. The molecule has 0 saturated carbocycles. The highest BCUT2D eigenvalue weighted by molar-refractivity contribution is 5.89. The number of pyridine rings is 1. The van der Waals surface area contributed by atoms with Gasteiger partial charge >= 0.3 is 6.03 Å².